The summed E-state index contributed by atoms with van der Waals surface area (Å²) in [6, 6.07) is 22.3. The van der Waals surface area contributed by atoms with Gasteiger partial charge in [0.05, 0.1) is 20.9 Å². The van der Waals surface area contributed by atoms with Gasteiger partial charge in [-0.3, -0.25) is 9.36 Å². The number of hydrogen-bond donors (Lipinski definition) is 0. The molecule has 0 fully saturated rings. The van der Waals surface area contributed by atoms with Crippen LogP contribution in [-0.4, -0.2) is 9.55 Å². The van der Waals surface area contributed by atoms with Crippen LogP contribution in [0.25, 0.3) is 34.6 Å². The molecule has 0 unspecified atom stereocenters. The van der Waals surface area contributed by atoms with E-state index < -0.39 is 0 Å². The number of nitrogens with zero attached hydrogens (tertiary/aromatic N) is 2. The van der Waals surface area contributed by atoms with Crippen LogP contribution in [0.2, 0.25) is 10.0 Å². The van der Waals surface area contributed by atoms with Gasteiger partial charge in [0.2, 0.25) is 0 Å². The van der Waals surface area contributed by atoms with E-state index in [4.69, 9.17) is 28.2 Å². The molecule has 0 N–H and O–H groups in total. The highest BCUT2D eigenvalue weighted by Crippen LogP contribution is 2.27. The van der Waals surface area contributed by atoms with E-state index in [9.17, 15) is 4.79 Å². The standard InChI is InChI=1S/C22H14Cl2N2O/c23-18-11-6-9-15(20(18)24)13-14-26-21(16-7-2-1-3-8-16)25-19-12-5-4-10-17(19)22(26)27/h1-14H/b14-13+. The van der Waals surface area contributed by atoms with E-state index in [1.165, 1.54) is 4.57 Å². The molecule has 0 aliphatic carbocycles. The molecule has 4 aromatic rings. The largest absolute Gasteiger partial charge is 0.268 e. The summed E-state index contributed by atoms with van der Waals surface area (Å²) in [6.45, 7) is 0. The lowest BCUT2D eigenvalue weighted by atomic mass is 10.1. The molecule has 5 heteroatoms. The van der Waals surface area contributed by atoms with E-state index in [0.717, 1.165) is 11.1 Å². The molecule has 0 saturated carbocycles. The zero-order valence-corrected chi connectivity index (χ0v) is 15.7. The van der Waals surface area contributed by atoms with Crippen molar-refractivity contribution in [3.8, 4) is 11.4 Å². The van der Waals surface area contributed by atoms with Crippen LogP contribution in [0.5, 0.6) is 0 Å². The first-order valence-electron chi connectivity index (χ1n) is 8.34. The SMILES string of the molecule is O=c1c2ccccc2nc(-c2ccccc2)n1/C=C/c1cccc(Cl)c1Cl. The van der Waals surface area contributed by atoms with Crippen molar-refractivity contribution >= 4 is 46.4 Å². The van der Waals surface area contributed by atoms with Gasteiger partial charge < -0.3 is 0 Å². The highest BCUT2D eigenvalue weighted by molar-refractivity contribution is 6.42. The Labute approximate surface area is 166 Å². The second-order valence-electron chi connectivity index (χ2n) is 5.95. The van der Waals surface area contributed by atoms with Crippen LogP contribution >= 0.6 is 23.2 Å². The Balaban J connectivity index is 1.95. The molecule has 0 aliphatic rings. The first kappa shape index (κ1) is 17.5. The normalized spacial score (nSPS) is 11.3. The van der Waals surface area contributed by atoms with Crippen molar-refractivity contribution in [2.24, 2.45) is 0 Å². The van der Waals surface area contributed by atoms with Gasteiger partial charge in [0.15, 0.2) is 0 Å². The highest BCUT2D eigenvalue weighted by Gasteiger charge is 2.11. The topological polar surface area (TPSA) is 34.9 Å². The zero-order valence-electron chi connectivity index (χ0n) is 14.1. The van der Waals surface area contributed by atoms with Gasteiger partial charge in [-0.2, -0.15) is 0 Å². The van der Waals surface area contributed by atoms with Crippen molar-refractivity contribution in [3.63, 3.8) is 0 Å². The summed E-state index contributed by atoms with van der Waals surface area (Å²) in [4.78, 5) is 17.8. The molecule has 0 bridgehead atoms. The fraction of sp³-hybridized carbons (Fsp3) is 0. The molecule has 0 aliphatic heterocycles. The molecule has 3 aromatic carbocycles. The average molecular weight is 393 g/mol. The first-order chi connectivity index (χ1) is 13.1. The number of benzene rings is 3. The molecule has 27 heavy (non-hydrogen) atoms. The van der Waals surface area contributed by atoms with Gasteiger partial charge in [0.25, 0.3) is 5.56 Å². The first-order valence-corrected chi connectivity index (χ1v) is 9.09. The maximum absolute atomic E-state index is 13.1. The van der Waals surface area contributed by atoms with Gasteiger partial charge in [-0.05, 0) is 29.8 Å². The maximum atomic E-state index is 13.1. The predicted molar refractivity (Wildman–Crippen MR) is 113 cm³/mol. The molecule has 4 rings (SSSR count). The third-order valence-corrected chi connectivity index (χ3v) is 5.06. The van der Waals surface area contributed by atoms with E-state index in [1.54, 1.807) is 24.4 Å². The van der Waals surface area contributed by atoms with Crippen LogP contribution in [0.3, 0.4) is 0 Å². The summed E-state index contributed by atoms with van der Waals surface area (Å²) in [7, 11) is 0. The minimum Gasteiger partial charge on any atom is -0.268 e. The molecule has 0 amide bonds. The lowest BCUT2D eigenvalue weighted by molar-refractivity contribution is 1.04. The van der Waals surface area contributed by atoms with Crippen LogP contribution < -0.4 is 5.56 Å². The van der Waals surface area contributed by atoms with Gasteiger partial charge in [0, 0.05) is 11.8 Å². The number of rotatable bonds is 3. The van der Waals surface area contributed by atoms with Crippen molar-refractivity contribution in [3.05, 3.63) is 98.8 Å². The van der Waals surface area contributed by atoms with E-state index in [0.29, 0.717) is 26.8 Å². The van der Waals surface area contributed by atoms with Crippen LogP contribution in [-0.2, 0) is 0 Å². The maximum Gasteiger partial charge on any atom is 0.265 e. The summed E-state index contributed by atoms with van der Waals surface area (Å²) in [6.07, 6.45) is 3.44. The predicted octanol–water partition coefficient (Wildman–Crippen LogP) is 6.00. The van der Waals surface area contributed by atoms with Crippen LogP contribution in [0.1, 0.15) is 5.56 Å². The van der Waals surface area contributed by atoms with Gasteiger partial charge >= 0.3 is 0 Å². The van der Waals surface area contributed by atoms with Crippen LogP contribution in [0.15, 0.2) is 77.6 Å². The Morgan fingerprint density at radius 2 is 1.59 bits per heavy atom. The minimum absolute atomic E-state index is 0.145. The highest BCUT2D eigenvalue weighted by atomic mass is 35.5. The fourth-order valence-electron chi connectivity index (χ4n) is 2.88. The Morgan fingerprint density at radius 1 is 0.852 bits per heavy atom. The van der Waals surface area contributed by atoms with Crippen molar-refractivity contribution < 1.29 is 0 Å². The molecule has 0 radical (unpaired) electrons. The number of fused-ring (bicyclic) bond motifs is 1. The summed E-state index contributed by atoms with van der Waals surface area (Å²) in [5.74, 6) is 0.564. The summed E-state index contributed by atoms with van der Waals surface area (Å²) in [5, 5.41) is 1.46. The Morgan fingerprint density at radius 3 is 2.41 bits per heavy atom. The monoisotopic (exact) mass is 392 g/mol. The second-order valence-corrected chi connectivity index (χ2v) is 6.74. The van der Waals surface area contributed by atoms with Gasteiger partial charge in [-0.15, -0.1) is 0 Å². The molecule has 132 valence electrons. The van der Waals surface area contributed by atoms with Crippen molar-refractivity contribution in [2.45, 2.75) is 0 Å². The zero-order chi connectivity index (χ0) is 18.8. The van der Waals surface area contributed by atoms with Crippen LogP contribution in [0, 0.1) is 0 Å². The van der Waals surface area contributed by atoms with Crippen molar-refractivity contribution in [1.82, 2.24) is 9.55 Å². The van der Waals surface area contributed by atoms with Crippen molar-refractivity contribution in [1.29, 1.82) is 0 Å². The van der Waals surface area contributed by atoms with Gasteiger partial charge in [-0.1, -0.05) is 77.8 Å². The number of para-hydroxylation sites is 1. The van der Waals surface area contributed by atoms with Gasteiger partial charge in [0.1, 0.15) is 5.82 Å². The smallest absolute Gasteiger partial charge is 0.265 e. The Kier molecular flexibility index (Phi) is 4.80. The fourth-order valence-corrected chi connectivity index (χ4v) is 3.25. The minimum atomic E-state index is -0.145. The quantitative estimate of drug-likeness (QED) is 0.428. The number of hydrogen-bond acceptors (Lipinski definition) is 2. The molecule has 0 atom stereocenters. The third-order valence-electron chi connectivity index (χ3n) is 4.22. The van der Waals surface area contributed by atoms with Crippen molar-refractivity contribution in [2.75, 3.05) is 0 Å². The molecule has 1 heterocycles. The average Bonchev–Trinajstić information content (AvgIpc) is 2.71. The number of aromatic nitrogens is 2. The summed E-state index contributed by atoms with van der Waals surface area (Å²) < 4.78 is 1.54. The molecule has 0 saturated heterocycles. The molecule has 0 spiro atoms. The number of halogens is 2. The Bertz CT molecular complexity index is 1210. The second kappa shape index (κ2) is 7.39. The van der Waals surface area contributed by atoms with Gasteiger partial charge in [-0.25, -0.2) is 4.98 Å². The Hall–Kier alpha value is -2.88. The summed E-state index contributed by atoms with van der Waals surface area (Å²) >= 11 is 12.4. The molecule has 1 aromatic heterocycles. The lowest BCUT2D eigenvalue weighted by Crippen LogP contribution is -2.19. The third kappa shape index (κ3) is 3.39. The molecular formula is C22H14Cl2N2O. The van der Waals surface area contributed by atoms with E-state index in [2.05, 4.69) is 0 Å². The summed E-state index contributed by atoms with van der Waals surface area (Å²) in [5.41, 5.74) is 2.09. The molecular weight excluding hydrogens is 379 g/mol. The molecule has 3 nitrogen and oxygen atoms in total. The van der Waals surface area contributed by atoms with Crippen LogP contribution in [0.4, 0.5) is 0 Å². The van der Waals surface area contributed by atoms with E-state index in [-0.39, 0.29) is 5.56 Å². The van der Waals surface area contributed by atoms with E-state index in [1.807, 2.05) is 60.7 Å². The lowest BCUT2D eigenvalue weighted by Gasteiger charge is -2.10. The van der Waals surface area contributed by atoms with E-state index >= 15 is 0 Å².